The van der Waals surface area contributed by atoms with E-state index in [9.17, 15) is 0 Å². The smallest absolute Gasteiger partial charge is 0.0138 e. The van der Waals surface area contributed by atoms with Crippen LogP contribution in [0.5, 0.6) is 0 Å². The molecule has 0 atom stereocenters. The summed E-state index contributed by atoms with van der Waals surface area (Å²) < 4.78 is 9.09. The second-order valence-corrected chi connectivity index (χ2v) is 11.2. The van der Waals surface area contributed by atoms with Crippen LogP contribution in [0.25, 0.3) is 0 Å². The summed E-state index contributed by atoms with van der Waals surface area (Å²) >= 11 is 9.04. The minimum atomic E-state index is -0.473. The molecule has 22 heavy (non-hydrogen) atoms. The van der Waals surface area contributed by atoms with Gasteiger partial charge in [0.05, 0.1) is 0 Å². The number of hydrogen-bond acceptors (Lipinski definition) is 5. The summed E-state index contributed by atoms with van der Waals surface area (Å²) in [4.78, 5) is 2.08. The van der Waals surface area contributed by atoms with Gasteiger partial charge in [-0.05, 0) is 20.6 Å². The van der Waals surface area contributed by atoms with Gasteiger partial charge in [-0.15, -0.1) is 0 Å². The van der Waals surface area contributed by atoms with Crippen molar-refractivity contribution in [2.75, 3.05) is 26.4 Å². The zero-order chi connectivity index (χ0) is 18.6. The Morgan fingerprint density at radius 2 is 1.09 bits per heavy atom. The average Bonchev–Trinajstić information content (AvgIpc) is 2.10. The van der Waals surface area contributed by atoms with E-state index in [4.69, 9.17) is 12.6 Å². The van der Waals surface area contributed by atoms with Crippen LogP contribution in [0, 0.1) is 0 Å². The molecule has 0 aliphatic rings. The van der Waals surface area contributed by atoms with Crippen molar-refractivity contribution in [1.82, 2.24) is 4.90 Å². The molecule has 0 heterocycles. The van der Waals surface area contributed by atoms with Gasteiger partial charge < -0.3 is 30.2 Å². The Labute approximate surface area is 159 Å². The number of rotatable bonds is 2. The second-order valence-electron chi connectivity index (χ2n) is 8.23. The summed E-state index contributed by atoms with van der Waals surface area (Å²) in [5, 5.41) is 0. The molecule has 0 aromatic rings. The molecule has 0 N–H and O–H groups in total. The molecule has 3 nitrogen and oxygen atoms in total. The summed E-state index contributed by atoms with van der Waals surface area (Å²) in [5.74, 6) is 0.840. The minimum Gasteiger partial charge on any atom is -0.791 e. The Morgan fingerprint density at radius 1 is 0.818 bits per heavy atom. The molecule has 0 radical (unpaired) electrons. The van der Waals surface area contributed by atoms with Crippen LogP contribution in [-0.4, -0.2) is 47.1 Å². The van der Waals surface area contributed by atoms with Crippen molar-refractivity contribution in [3.63, 3.8) is 0 Å². The normalized spacial score (nSPS) is 11.7. The van der Waals surface area contributed by atoms with E-state index in [-0.39, 0.29) is 15.8 Å². The first kappa shape index (κ1) is 27.8. The van der Waals surface area contributed by atoms with Crippen molar-refractivity contribution >= 4 is 25.3 Å². The Balaban J connectivity index is -0.000000277. The van der Waals surface area contributed by atoms with Gasteiger partial charge in [0.2, 0.25) is 0 Å². The van der Waals surface area contributed by atoms with E-state index < -0.39 is 18.2 Å². The van der Waals surface area contributed by atoms with E-state index in [1.165, 1.54) is 0 Å². The van der Waals surface area contributed by atoms with Crippen molar-refractivity contribution in [2.45, 2.75) is 78.1 Å². The fourth-order valence-corrected chi connectivity index (χ4v) is 2.12. The molecule has 0 bridgehead atoms. The predicted octanol–water partition coefficient (Wildman–Crippen LogP) is 4.46. The largest absolute Gasteiger partial charge is 0.791 e. The predicted molar refractivity (Wildman–Crippen MR) is 102 cm³/mol. The standard InChI is InChI=1S/C4H11NS.2C4H9N.C4H10S.Mo/c1-5(2)3-4-6;3*1-4(2,3)5;/h6H,3-4H2,1-2H3;2*1-3H3;5H,1-3H3;/p-2. The maximum Gasteiger partial charge on any atom is -0.0138 e. The van der Waals surface area contributed by atoms with Crippen LogP contribution < -0.4 is 0 Å². The molecule has 0 rings (SSSR count). The fraction of sp³-hybridized carbons (Fsp3) is 1.00. The zero-order valence-corrected chi connectivity index (χ0v) is 20.1. The van der Waals surface area contributed by atoms with Gasteiger partial charge in [-0.2, -0.15) is 10.5 Å². The summed E-state index contributed by atoms with van der Waals surface area (Å²) in [6.07, 6.45) is 0. The van der Waals surface area contributed by atoms with Crippen molar-refractivity contribution in [2.24, 2.45) is 6.99 Å². The van der Waals surface area contributed by atoms with E-state index >= 15 is 0 Å². The number of hydrogen-bond donors (Lipinski definition) is 0. The average molecular weight is 432 g/mol. The van der Waals surface area contributed by atoms with Crippen molar-refractivity contribution < 1.29 is 18.2 Å². The Morgan fingerprint density at radius 3 is 1.18 bits per heavy atom. The molecule has 6 heteroatoms. The topological polar surface area (TPSA) is 28.0 Å². The fourth-order valence-electron chi connectivity index (χ4n) is 0.448. The molecule has 0 aliphatic carbocycles. The molecule has 0 aromatic heterocycles. The molecule has 0 saturated heterocycles. The molecule has 0 unspecified atom stereocenters. The number of nitrogens with zero attached hydrogens (tertiary/aromatic N) is 3. The molecule has 0 fully saturated rings. The monoisotopic (exact) mass is 433 g/mol. The minimum absolute atomic E-state index is 0.0833. The van der Waals surface area contributed by atoms with E-state index in [0.717, 1.165) is 12.3 Å². The van der Waals surface area contributed by atoms with Gasteiger partial charge in [0.25, 0.3) is 0 Å². The van der Waals surface area contributed by atoms with E-state index in [2.05, 4.69) is 66.1 Å². The van der Waals surface area contributed by atoms with Crippen LogP contribution in [0.15, 0.2) is 6.99 Å². The molecule has 0 spiro atoms. The quantitative estimate of drug-likeness (QED) is 0.477. The van der Waals surface area contributed by atoms with Crippen LogP contribution in [0.3, 0.4) is 0 Å². The molecular formula is C16H37MoN3S2-2. The third-order valence-corrected chi connectivity index (χ3v) is 4.44. The van der Waals surface area contributed by atoms with Crippen LogP contribution >= 0.6 is 0 Å². The zero-order valence-electron chi connectivity index (χ0n) is 16.5. The van der Waals surface area contributed by atoms with Gasteiger partial charge in [0.15, 0.2) is 0 Å². The van der Waals surface area contributed by atoms with Crippen molar-refractivity contribution in [3.05, 3.63) is 0 Å². The molecular weight excluding hydrogens is 394 g/mol. The first-order chi connectivity index (χ1) is 9.48. The maximum atomic E-state index is 4.83. The van der Waals surface area contributed by atoms with Crippen LogP contribution in [0.2, 0.25) is 0 Å². The Hall–Kier alpha value is 0.948. The molecule has 0 amide bonds. The second kappa shape index (κ2) is 13.3. The summed E-state index contributed by atoms with van der Waals surface area (Å²) in [6, 6.07) is 0. The van der Waals surface area contributed by atoms with E-state index in [1.807, 2.05) is 34.9 Å². The van der Waals surface area contributed by atoms with Gasteiger partial charge in [0, 0.05) is 0 Å². The maximum absolute atomic E-state index is 4.83. The molecule has 0 aliphatic heterocycles. The van der Waals surface area contributed by atoms with Gasteiger partial charge in [-0.25, -0.2) is 0 Å². The van der Waals surface area contributed by atoms with Gasteiger partial charge in [0.1, 0.15) is 0 Å². The first-order valence-electron chi connectivity index (χ1n) is 7.52. The van der Waals surface area contributed by atoms with Crippen molar-refractivity contribution in [1.29, 1.82) is 0 Å². The van der Waals surface area contributed by atoms with E-state index in [0.29, 0.717) is 0 Å². The Bertz CT molecular complexity index is 294. The van der Waals surface area contributed by atoms with Crippen LogP contribution in [0.4, 0.5) is 0 Å². The van der Waals surface area contributed by atoms with Gasteiger partial charge in [-0.3, -0.25) is 0 Å². The third kappa shape index (κ3) is 58.4. The SMILES string of the molecule is CC(C)(C)[N]=[Mo]=[N]C(C)(C)C.CC(C)(C)[S-].CN(C)CC[S-]. The van der Waals surface area contributed by atoms with Crippen LogP contribution in [0.1, 0.15) is 62.3 Å². The van der Waals surface area contributed by atoms with Crippen molar-refractivity contribution in [3.8, 4) is 0 Å². The van der Waals surface area contributed by atoms with E-state index in [1.54, 1.807) is 0 Å². The summed E-state index contributed by atoms with van der Waals surface area (Å²) in [6.45, 7) is 19.8. The molecule has 136 valence electrons. The molecule has 0 aromatic carbocycles. The van der Waals surface area contributed by atoms with Gasteiger partial charge >= 0.3 is 77.8 Å². The third-order valence-electron chi connectivity index (χ3n) is 1.17. The molecule has 0 saturated carbocycles. The summed E-state index contributed by atoms with van der Waals surface area (Å²) in [7, 11) is 4.04. The van der Waals surface area contributed by atoms with Crippen LogP contribution in [-0.2, 0) is 43.5 Å². The Kier molecular flexibility index (Phi) is 16.7. The first-order valence-corrected chi connectivity index (χ1v) is 10.3. The summed E-state index contributed by atoms with van der Waals surface area (Å²) in [5.41, 5.74) is 0.216. The van der Waals surface area contributed by atoms with Gasteiger partial charge in [-0.1, -0.05) is 20.8 Å².